The fourth-order valence-electron chi connectivity index (χ4n) is 4.43. The minimum absolute atomic E-state index is 0.0376. The molecule has 0 fully saturated rings. The third-order valence-corrected chi connectivity index (χ3v) is 6.46. The van der Waals surface area contributed by atoms with Gasteiger partial charge in [0.15, 0.2) is 11.5 Å². The second-order valence-corrected chi connectivity index (χ2v) is 9.49. The smallest absolute Gasteiger partial charge is 0.337 e. The Bertz CT molecular complexity index is 1560. The Labute approximate surface area is 231 Å². The molecule has 2 N–H and O–H groups in total. The van der Waals surface area contributed by atoms with Crippen molar-refractivity contribution in [2.75, 3.05) is 50.3 Å². The number of ether oxygens (including phenoxy) is 3. The fourth-order valence-corrected chi connectivity index (χ4v) is 4.43. The fraction of sp³-hybridized carbons (Fsp3) is 0.167. The number of carbonyl (C=O) groups excluding carboxylic acids is 3. The van der Waals surface area contributed by atoms with Crippen LogP contribution in [0.25, 0.3) is 11.3 Å². The summed E-state index contributed by atoms with van der Waals surface area (Å²) < 4.78 is 15.9. The summed E-state index contributed by atoms with van der Waals surface area (Å²) in [4.78, 5) is 41.3. The molecule has 0 spiro atoms. The first kappa shape index (κ1) is 26.5. The summed E-state index contributed by atoms with van der Waals surface area (Å²) in [5, 5.41) is 6.25. The third kappa shape index (κ3) is 5.25. The van der Waals surface area contributed by atoms with Crippen molar-refractivity contribution in [1.29, 1.82) is 0 Å². The zero-order valence-corrected chi connectivity index (χ0v) is 22.5. The van der Waals surface area contributed by atoms with Gasteiger partial charge in [-0.2, -0.15) is 0 Å². The Hall–Kier alpha value is -5.09. The molecule has 2 amide bonds. The topological polar surface area (TPSA) is 109 Å². The van der Waals surface area contributed by atoms with Crippen LogP contribution in [-0.4, -0.2) is 57.5 Å². The maximum Gasteiger partial charge on any atom is 0.337 e. The second-order valence-electron chi connectivity index (χ2n) is 9.49. The van der Waals surface area contributed by atoms with Crippen molar-refractivity contribution in [1.82, 2.24) is 4.90 Å². The van der Waals surface area contributed by atoms with Gasteiger partial charge in [0, 0.05) is 29.5 Å². The monoisotopic (exact) mass is 540 g/mol. The van der Waals surface area contributed by atoms with Gasteiger partial charge >= 0.3 is 5.97 Å². The minimum atomic E-state index is -0.498. The summed E-state index contributed by atoms with van der Waals surface area (Å²) in [6.07, 6.45) is 2.88. The zero-order valence-electron chi connectivity index (χ0n) is 22.5. The van der Waals surface area contributed by atoms with E-state index in [0.717, 1.165) is 5.69 Å². The Morgan fingerprint density at radius 3 is 2.30 bits per heavy atom. The number of carbonyl (C=O) groups is 3. The van der Waals surface area contributed by atoms with Crippen molar-refractivity contribution in [2.45, 2.75) is 0 Å². The number of nitrogens with zero attached hydrogens (tertiary/aromatic N) is 2. The molecule has 3 aromatic rings. The maximum atomic E-state index is 13.3. The number of likely N-dealkylation sites (N-methyl/N-ethyl adjacent to an activating group) is 2. The van der Waals surface area contributed by atoms with Gasteiger partial charge < -0.3 is 34.6 Å². The maximum absolute atomic E-state index is 13.3. The van der Waals surface area contributed by atoms with Crippen LogP contribution in [0.4, 0.5) is 17.1 Å². The highest BCUT2D eigenvalue weighted by Gasteiger charge is 2.30. The van der Waals surface area contributed by atoms with Crippen molar-refractivity contribution in [3.63, 3.8) is 0 Å². The number of esters is 1. The minimum Gasteiger partial charge on any atom is -0.465 e. The Morgan fingerprint density at radius 1 is 0.900 bits per heavy atom. The summed E-state index contributed by atoms with van der Waals surface area (Å²) in [5.41, 5.74) is 4.47. The van der Waals surface area contributed by atoms with Gasteiger partial charge in [0.05, 0.1) is 36.2 Å². The molecular weight excluding hydrogens is 512 g/mol. The summed E-state index contributed by atoms with van der Waals surface area (Å²) in [6, 6.07) is 17.6. The van der Waals surface area contributed by atoms with Crippen molar-refractivity contribution in [2.24, 2.45) is 0 Å². The number of amides is 2. The van der Waals surface area contributed by atoms with Crippen LogP contribution in [0.3, 0.4) is 0 Å². The third-order valence-electron chi connectivity index (χ3n) is 6.46. The van der Waals surface area contributed by atoms with Crippen LogP contribution in [0, 0.1) is 0 Å². The number of hydrogen-bond donors (Lipinski definition) is 2. The van der Waals surface area contributed by atoms with Crippen molar-refractivity contribution >= 4 is 46.1 Å². The van der Waals surface area contributed by atoms with Gasteiger partial charge in [0.2, 0.25) is 5.91 Å². The standard InChI is InChI=1S/C30H28N4O6/c1-33(2)17-26(35)34(3)21-9-7-20(8-10-21)31-28(18-6-12-24-25(16-18)40-14-13-39-24)27-22-11-5-19(30(37)38-4)15-23(22)32-29(27)36/h5-16,31H,17H2,1-4H3,(H,32,36). The average molecular weight is 541 g/mol. The molecule has 0 atom stereocenters. The number of benzene rings is 3. The Balaban J connectivity index is 1.55. The normalized spacial score (nSPS) is 14.4. The lowest BCUT2D eigenvalue weighted by molar-refractivity contribution is -0.119. The highest BCUT2D eigenvalue weighted by atomic mass is 16.5. The van der Waals surface area contributed by atoms with Gasteiger partial charge in [0.1, 0.15) is 12.5 Å². The molecule has 2 heterocycles. The first-order chi connectivity index (χ1) is 19.2. The second kappa shape index (κ2) is 11.0. The highest BCUT2D eigenvalue weighted by molar-refractivity contribution is 6.37. The lowest BCUT2D eigenvalue weighted by atomic mass is 9.98. The molecule has 2 aliphatic rings. The predicted molar refractivity (Wildman–Crippen MR) is 152 cm³/mol. The van der Waals surface area contributed by atoms with Crippen LogP contribution in [0.1, 0.15) is 21.5 Å². The van der Waals surface area contributed by atoms with Crippen LogP contribution >= 0.6 is 0 Å². The quantitative estimate of drug-likeness (QED) is 0.340. The summed E-state index contributed by atoms with van der Waals surface area (Å²) >= 11 is 0. The van der Waals surface area contributed by atoms with E-state index in [-0.39, 0.29) is 18.4 Å². The van der Waals surface area contributed by atoms with Crippen LogP contribution in [0.2, 0.25) is 0 Å². The Morgan fingerprint density at radius 2 is 1.60 bits per heavy atom. The van der Waals surface area contributed by atoms with Crippen molar-refractivity contribution in [3.8, 4) is 11.5 Å². The summed E-state index contributed by atoms with van der Waals surface area (Å²) in [7, 11) is 6.72. The average Bonchev–Trinajstić information content (AvgIpc) is 3.29. The number of rotatable bonds is 7. The molecular formula is C30H28N4O6. The molecule has 0 aliphatic carbocycles. The van der Waals surface area contributed by atoms with Crippen LogP contribution in [-0.2, 0) is 14.3 Å². The molecule has 0 saturated carbocycles. The molecule has 10 nitrogen and oxygen atoms in total. The molecule has 0 radical (unpaired) electrons. The molecule has 0 unspecified atom stereocenters. The van der Waals surface area contributed by atoms with Crippen molar-refractivity contribution < 1.29 is 28.6 Å². The largest absolute Gasteiger partial charge is 0.465 e. The van der Waals surface area contributed by atoms with Gasteiger partial charge in [-0.1, -0.05) is 6.07 Å². The van der Waals surface area contributed by atoms with Crippen LogP contribution in [0.15, 0.2) is 73.2 Å². The SMILES string of the molecule is COC(=O)c1ccc2c(c1)NC(=O)C2=C(Nc1ccc(N(C)C(=O)CN(C)C)cc1)c1ccc2c(c1)OC=CO2. The molecule has 5 rings (SSSR count). The van der Waals surface area contributed by atoms with Crippen LogP contribution in [0.5, 0.6) is 11.5 Å². The van der Waals surface area contributed by atoms with Gasteiger partial charge in [-0.15, -0.1) is 0 Å². The molecule has 10 heteroatoms. The number of nitrogens with one attached hydrogen (secondary N) is 2. The van der Waals surface area contributed by atoms with Gasteiger partial charge in [-0.05, 0) is 68.7 Å². The zero-order chi connectivity index (χ0) is 28.4. The predicted octanol–water partition coefficient (Wildman–Crippen LogP) is 4.17. The van der Waals surface area contributed by atoms with E-state index in [4.69, 9.17) is 14.2 Å². The van der Waals surface area contributed by atoms with Gasteiger partial charge in [-0.25, -0.2) is 4.79 Å². The molecule has 0 saturated heterocycles. The number of hydrogen-bond acceptors (Lipinski definition) is 8. The van der Waals surface area contributed by atoms with E-state index in [0.29, 0.717) is 50.8 Å². The lowest BCUT2D eigenvalue weighted by Crippen LogP contribution is -2.34. The highest BCUT2D eigenvalue weighted by Crippen LogP contribution is 2.40. The van der Waals surface area contributed by atoms with E-state index >= 15 is 0 Å². The van der Waals surface area contributed by atoms with E-state index < -0.39 is 5.97 Å². The summed E-state index contributed by atoms with van der Waals surface area (Å²) in [5.74, 6) is 0.173. The Kier molecular flexibility index (Phi) is 7.26. The van der Waals surface area contributed by atoms with E-state index in [1.807, 2.05) is 49.3 Å². The molecule has 2 aliphatic heterocycles. The van der Waals surface area contributed by atoms with E-state index in [1.54, 1.807) is 42.3 Å². The van der Waals surface area contributed by atoms with E-state index in [9.17, 15) is 14.4 Å². The van der Waals surface area contributed by atoms with E-state index in [1.165, 1.54) is 19.6 Å². The lowest BCUT2D eigenvalue weighted by Gasteiger charge is -2.21. The van der Waals surface area contributed by atoms with Crippen LogP contribution < -0.4 is 25.0 Å². The molecule has 204 valence electrons. The first-order valence-electron chi connectivity index (χ1n) is 12.4. The number of methoxy groups -OCH3 is 1. The molecule has 3 aromatic carbocycles. The van der Waals surface area contributed by atoms with E-state index in [2.05, 4.69) is 10.6 Å². The van der Waals surface area contributed by atoms with Gasteiger partial charge in [0.25, 0.3) is 5.91 Å². The number of fused-ring (bicyclic) bond motifs is 2. The summed E-state index contributed by atoms with van der Waals surface area (Å²) in [6.45, 7) is 0.290. The first-order valence-corrected chi connectivity index (χ1v) is 12.4. The molecule has 0 bridgehead atoms. The molecule has 40 heavy (non-hydrogen) atoms. The molecule has 0 aromatic heterocycles. The van der Waals surface area contributed by atoms with Crippen molar-refractivity contribution in [3.05, 3.63) is 89.9 Å². The number of anilines is 3. The van der Waals surface area contributed by atoms with Gasteiger partial charge in [-0.3, -0.25) is 9.59 Å².